The minimum Gasteiger partial charge on any atom is -0.388 e. The second-order valence-electron chi connectivity index (χ2n) is 3.29. The molecule has 0 amide bonds. The average molecular weight is 185 g/mol. The first kappa shape index (κ1) is 10.2. The fourth-order valence-corrected chi connectivity index (χ4v) is 1.46. The van der Waals surface area contributed by atoms with Gasteiger partial charge in [-0.1, -0.05) is 0 Å². The topological polar surface area (TPSA) is 47.9 Å². The van der Waals surface area contributed by atoms with Gasteiger partial charge in [0.15, 0.2) is 5.83 Å². The van der Waals surface area contributed by atoms with Crippen molar-refractivity contribution in [3.05, 3.63) is 12.0 Å². The van der Waals surface area contributed by atoms with Crippen molar-refractivity contribution in [1.82, 2.24) is 10.6 Å². The van der Waals surface area contributed by atoms with Crippen molar-refractivity contribution < 1.29 is 4.39 Å². The third-order valence-corrected chi connectivity index (χ3v) is 2.18. The molecule has 0 saturated carbocycles. The van der Waals surface area contributed by atoms with E-state index in [0.717, 1.165) is 19.6 Å². The lowest BCUT2D eigenvalue weighted by molar-refractivity contribution is 0.371. The summed E-state index contributed by atoms with van der Waals surface area (Å²) >= 11 is 0. The van der Waals surface area contributed by atoms with Crippen LogP contribution in [0.15, 0.2) is 12.0 Å². The van der Waals surface area contributed by atoms with Gasteiger partial charge in [-0.05, 0) is 31.8 Å². The summed E-state index contributed by atoms with van der Waals surface area (Å²) in [5.41, 5.74) is 0. The summed E-state index contributed by atoms with van der Waals surface area (Å²) in [7, 11) is 0. The van der Waals surface area contributed by atoms with E-state index in [-0.39, 0.29) is 0 Å². The predicted molar refractivity (Wildman–Crippen MR) is 51.6 cm³/mol. The summed E-state index contributed by atoms with van der Waals surface area (Å²) in [6, 6.07) is 0. The molecule has 1 aliphatic heterocycles. The summed E-state index contributed by atoms with van der Waals surface area (Å²) in [5.74, 6) is 0.0623. The Balaban J connectivity index is 2.14. The molecule has 1 atom stereocenters. The second-order valence-corrected chi connectivity index (χ2v) is 3.29. The first-order chi connectivity index (χ1) is 6.33. The Morgan fingerprint density at radius 2 is 2.54 bits per heavy atom. The maximum absolute atomic E-state index is 12.4. The third kappa shape index (κ3) is 4.03. The molecule has 0 spiro atoms. The summed E-state index contributed by atoms with van der Waals surface area (Å²) in [4.78, 5) is 0. The first-order valence-electron chi connectivity index (χ1n) is 4.63. The van der Waals surface area contributed by atoms with Gasteiger partial charge in [0.2, 0.25) is 0 Å². The maximum Gasteiger partial charge on any atom is 0.156 e. The Hall–Kier alpha value is -0.900. The fourth-order valence-electron chi connectivity index (χ4n) is 1.46. The SMILES string of the molecule is N=C/C(F)=C\NCC1CCCNC1. The molecule has 0 radical (unpaired) electrons. The minimum absolute atomic E-state index is 0.524. The molecular formula is C9H16FN3. The first-order valence-corrected chi connectivity index (χ1v) is 4.63. The Labute approximate surface area is 77.9 Å². The van der Waals surface area contributed by atoms with Crippen molar-refractivity contribution in [2.75, 3.05) is 19.6 Å². The molecule has 4 heteroatoms. The smallest absolute Gasteiger partial charge is 0.156 e. The van der Waals surface area contributed by atoms with E-state index in [4.69, 9.17) is 5.41 Å². The molecule has 1 heterocycles. The number of hydrogen-bond acceptors (Lipinski definition) is 3. The van der Waals surface area contributed by atoms with Gasteiger partial charge in [-0.2, -0.15) is 0 Å². The number of piperidine rings is 1. The molecule has 0 aromatic rings. The number of allylic oxidation sites excluding steroid dienone is 1. The molecule has 13 heavy (non-hydrogen) atoms. The highest BCUT2D eigenvalue weighted by Crippen LogP contribution is 2.08. The Morgan fingerprint density at radius 1 is 1.69 bits per heavy atom. The van der Waals surface area contributed by atoms with Crippen LogP contribution in [0, 0.1) is 11.3 Å². The van der Waals surface area contributed by atoms with Crippen molar-refractivity contribution >= 4 is 6.21 Å². The zero-order chi connectivity index (χ0) is 9.52. The second kappa shape index (κ2) is 5.70. The quantitative estimate of drug-likeness (QED) is 0.573. The number of nitrogens with one attached hydrogen (secondary N) is 3. The van der Waals surface area contributed by atoms with Crippen LogP contribution in [0.4, 0.5) is 4.39 Å². The van der Waals surface area contributed by atoms with Crippen LogP contribution in [0.3, 0.4) is 0 Å². The van der Waals surface area contributed by atoms with Crippen molar-refractivity contribution in [3.8, 4) is 0 Å². The lowest BCUT2D eigenvalue weighted by atomic mass is 10.00. The zero-order valence-corrected chi connectivity index (χ0v) is 7.65. The van der Waals surface area contributed by atoms with Gasteiger partial charge in [0.25, 0.3) is 0 Å². The minimum atomic E-state index is -0.524. The zero-order valence-electron chi connectivity index (χ0n) is 7.65. The van der Waals surface area contributed by atoms with Crippen LogP contribution in [0.25, 0.3) is 0 Å². The van der Waals surface area contributed by atoms with Crippen LogP contribution < -0.4 is 10.6 Å². The molecule has 1 rings (SSSR count). The van der Waals surface area contributed by atoms with Crippen LogP contribution in [0.1, 0.15) is 12.8 Å². The molecule has 0 bridgehead atoms. The van der Waals surface area contributed by atoms with E-state index in [1.54, 1.807) is 0 Å². The van der Waals surface area contributed by atoms with Crippen molar-refractivity contribution in [2.24, 2.45) is 5.92 Å². The van der Waals surface area contributed by atoms with Gasteiger partial charge in [0.05, 0.1) is 6.21 Å². The standard InChI is InChI=1S/C9H16FN3/c10-9(4-11)7-13-6-8-2-1-3-12-5-8/h4,7-8,11-13H,1-3,5-6H2/b9-7+,11-4?. The molecular weight excluding hydrogens is 169 g/mol. The van der Waals surface area contributed by atoms with E-state index in [0.29, 0.717) is 12.1 Å². The van der Waals surface area contributed by atoms with Gasteiger partial charge in [-0.3, -0.25) is 0 Å². The molecule has 1 fully saturated rings. The molecule has 3 N–H and O–H groups in total. The van der Waals surface area contributed by atoms with Gasteiger partial charge < -0.3 is 16.0 Å². The Morgan fingerprint density at radius 3 is 3.15 bits per heavy atom. The molecule has 1 aliphatic rings. The molecule has 3 nitrogen and oxygen atoms in total. The number of rotatable bonds is 4. The van der Waals surface area contributed by atoms with E-state index >= 15 is 0 Å². The van der Waals surface area contributed by atoms with Gasteiger partial charge in [-0.25, -0.2) is 4.39 Å². The van der Waals surface area contributed by atoms with Gasteiger partial charge in [0, 0.05) is 12.7 Å². The summed E-state index contributed by atoms with van der Waals surface area (Å²) in [5, 5.41) is 12.8. The normalized spacial score (nSPS) is 24.1. The monoisotopic (exact) mass is 185 g/mol. The largest absolute Gasteiger partial charge is 0.388 e. The maximum atomic E-state index is 12.4. The highest BCUT2D eigenvalue weighted by atomic mass is 19.1. The van der Waals surface area contributed by atoms with E-state index in [9.17, 15) is 4.39 Å². The highest BCUT2D eigenvalue weighted by Gasteiger charge is 2.11. The number of halogens is 1. The van der Waals surface area contributed by atoms with E-state index in [1.807, 2.05) is 0 Å². The molecule has 0 aliphatic carbocycles. The Bertz CT molecular complexity index is 185. The van der Waals surface area contributed by atoms with E-state index in [2.05, 4.69) is 10.6 Å². The summed E-state index contributed by atoms with van der Waals surface area (Å²) in [6.45, 7) is 2.89. The van der Waals surface area contributed by atoms with Crippen molar-refractivity contribution in [1.29, 1.82) is 5.41 Å². The molecule has 74 valence electrons. The lowest BCUT2D eigenvalue weighted by Crippen LogP contribution is -2.34. The third-order valence-electron chi connectivity index (χ3n) is 2.18. The average Bonchev–Trinajstić information content (AvgIpc) is 2.19. The lowest BCUT2D eigenvalue weighted by Gasteiger charge is -2.22. The van der Waals surface area contributed by atoms with E-state index < -0.39 is 5.83 Å². The van der Waals surface area contributed by atoms with Crippen molar-refractivity contribution in [3.63, 3.8) is 0 Å². The van der Waals surface area contributed by atoms with Crippen LogP contribution in [0.2, 0.25) is 0 Å². The summed E-state index contributed by atoms with van der Waals surface area (Å²) < 4.78 is 12.4. The van der Waals surface area contributed by atoms with Crippen LogP contribution in [-0.2, 0) is 0 Å². The predicted octanol–water partition coefficient (Wildman–Crippen LogP) is 1.04. The molecule has 0 aromatic heterocycles. The molecule has 1 unspecified atom stereocenters. The van der Waals surface area contributed by atoms with Gasteiger partial charge in [-0.15, -0.1) is 0 Å². The van der Waals surface area contributed by atoms with Crippen LogP contribution in [-0.4, -0.2) is 25.8 Å². The van der Waals surface area contributed by atoms with Gasteiger partial charge in [0.1, 0.15) is 0 Å². The Kier molecular flexibility index (Phi) is 4.46. The molecule has 1 saturated heterocycles. The van der Waals surface area contributed by atoms with Gasteiger partial charge >= 0.3 is 0 Å². The van der Waals surface area contributed by atoms with Crippen LogP contribution in [0.5, 0.6) is 0 Å². The highest BCUT2D eigenvalue weighted by molar-refractivity contribution is 5.72. The van der Waals surface area contributed by atoms with E-state index in [1.165, 1.54) is 19.0 Å². The summed E-state index contributed by atoms with van der Waals surface area (Å²) in [6.07, 6.45) is 4.34. The fraction of sp³-hybridized carbons (Fsp3) is 0.667. The number of hydrogen-bond donors (Lipinski definition) is 3. The molecule has 0 aromatic carbocycles. The van der Waals surface area contributed by atoms with Crippen molar-refractivity contribution in [2.45, 2.75) is 12.8 Å². The van der Waals surface area contributed by atoms with Crippen LogP contribution >= 0.6 is 0 Å².